The number of rotatable bonds is 2. The first-order valence-corrected chi connectivity index (χ1v) is 6.95. The Balaban J connectivity index is 1.96. The molecule has 3 aromatic rings. The molecule has 0 atom stereocenters. The molecule has 0 amide bonds. The van der Waals surface area contributed by atoms with Gasteiger partial charge in [-0.3, -0.25) is 0 Å². The van der Waals surface area contributed by atoms with E-state index in [-0.39, 0.29) is 0 Å². The lowest BCUT2D eigenvalue weighted by Gasteiger charge is -1.99. The Bertz CT molecular complexity index is 657. The Morgan fingerprint density at radius 3 is 2.78 bits per heavy atom. The first kappa shape index (κ1) is 11.7. The molecule has 0 bridgehead atoms. The van der Waals surface area contributed by atoms with Crippen LogP contribution in [0.3, 0.4) is 0 Å². The molecule has 6 heteroatoms. The molecular formula is C12H9BrN4S. The summed E-state index contributed by atoms with van der Waals surface area (Å²) in [6.07, 6.45) is 0. The van der Waals surface area contributed by atoms with Gasteiger partial charge in [0.1, 0.15) is 15.5 Å². The highest BCUT2D eigenvalue weighted by atomic mass is 79.9. The largest absolute Gasteiger partial charge is 0.333 e. The zero-order chi connectivity index (χ0) is 12.5. The predicted octanol–water partition coefficient (Wildman–Crippen LogP) is 3.58. The lowest BCUT2D eigenvalue weighted by molar-refractivity contribution is 0.945. The van der Waals surface area contributed by atoms with E-state index in [1.807, 2.05) is 37.3 Å². The molecule has 0 unspecified atom stereocenters. The fraction of sp³-hybridized carbons (Fsp3) is 0.0833. The van der Waals surface area contributed by atoms with Crippen molar-refractivity contribution >= 4 is 38.7 Å². The number of aromatic nitrogens is 4. The van der Waals surface area contributed by atoms with Crippen LogP contribution < -0.4 is 0 Å². The quantitative estimate of drug-likeness (QED) is 0.733. The van der Waals surface area contributed by atoms with Crippen molar-refractivity contribution in [2.45, 2.75) is 17.1 Å². The van der Waals surface area contributed by atoms with Crippen LogP contribution in [0.25, 0.3) is 11.0 Å². The second-order valence-corrected chi connectivity index (χ2v) is 5.56. The normalized spacial score (nSPS) is 11.0. The van der Waals surface area contributed by atoms with Gasteiger partial charge in [-0.1, -0.05) is 12.1 Å². The van der Waals surface area contributed by atoms with E-state index in [4.69, 9.17) is 0 Å². The second-order valence-electron chi connectivity index (χ2n) is 3.74. The van der Waals surface area contributed by atoms with Gasteiger partial charge in [-0.05, 0) is 46.7 Å². The molecule has 1 aromatic carbocycles. The van der Waals surface area contributed by atoms with Crippen LogP contribution in [0.15, 0.2) is 45.1 Å². The molecule has 0 fully saturated rings. The van der Waals surface area contributed by atoms with Crippen molar-refractivity contribution in [3.8, 4) is 0 Å². The third-order valence-electron chi connectivity index (χ3n) is 2.35. The van der Waals surface area contributed by atoms with E-state index < -0.39 is 0 Å². The van der Waals surface area contributed by atoms with Crippen LogP contribution in [0.1, 0.15) is 5.82 Å². The van der Waals surface area contributed by atoms with Crippen LogP contribution in [-0.4, -0.2) is 19.9 Å². The van der Waals surface area contributed by atoms with Crippen molar-refractivity contribution in [1.82, 2.24) is 19.9 Å². The molecule has 0 radical (unpaired) electrons. The molecule has 0 aliphatic heterocycles. The van der Waals surface area contributed by atoms with E-state index in [1.165, 1.54) is 11.8 Å². The van der Waals surface area contributed by atoms with Crippen LogP contribution in [0, 0.1) is 6.92 Å². The minimum atomic E-state index is 0.739. The van der Waals surface area contributed by atoms with E-state index in [2.05, 4.69) is 35.9 Å². The van der Waals surface area contributed by atoms with Gasteiger partial charge >= 0.3 is 0 Å². The average molecular weight is 321 g/mol. The Labute approximate surface area is 116 Å². The SMILES string of the molecule is Cc1nc(Br)cc(Sc2nc3ccccc3[nH]2)n1. The van der Waals surface area contributed by atoms with Crippen LogP contribution in [0.5, 0.6) is 0 Å². The second kappa shape index (κ2) is 4.70. The molecule has 4 nitrogen and oxygen atoms in total. The van der Waals surface area contributed by atoms with Gasteiger partial charge in [0.05, 0.1) is 11.0 Å². The topological polar surface area (TPSA) is 54.5 Å². The predicted molar refractivity (Wildman–Crippen MR) is 74.7 cm³/mol. The van der Waals surface area contributed by atoms with Gasteiger partial charge in [-0.15, -0.1) is 0 Å². The summed E-state index contributed by atoms with van der Waals surface area (Å²) in [7, 11) is 0. The summed E-state index contributed by atoms with van der Waals surface area (Å²) in [6.45, 7) is 1.87. The van der Waals surface area contributed by atoms with Crippen LogP contribution >= 0.6 is 27.7 Å². The van der Waals surface area contributed by atoms with Gasteiger partial charge in [0.15, 0.2) is 5.16 Å². The van der Waals surface area contributed by atoms with Gasteiger partial charge in [-0.2, -0.15) is 0 Å². The molecule has 1 N–H and O–H groups in total. The van der Waals surface area contributed by atoms with Crippen LogP contribution in [-0.2, 0) is 0 Å². The summed E-state index contributed by atoms with van der Waals surface area (Å²) in [6, 6.07) is 9.83. The smallest absolute Gasteiger partial charge is 0.172 e. The Morgan fingerprint density at radius 1 is 1.17 bits per heavy atom. The highest BCUT2D eigenvalue weighted by molar-refractivity contribution is 9.10. The van der Waals surface area contributed by atoms with Gasteiger partial charge in [0.25, 0.3) is 0 Å². The van der Waals surface area contributed by atoms with Crippen molar-refractivity contribution < 1.29 is 0 Å². The molecule has 2 heterocycles. The number of aryl methyl sites for hydroxylation is 1. The average Bonchev–Trinajstić information content (AvgIpc) is 2.69. The Kier molecular flexibility index (Phi) is 3.05. The van der Waals surface area contributed by atoms with E-state index in [9.17, 15) is 0 Å². The van der Waals surface area contributed by atoms with Crippen molar-refractivity contribution in [2.24, 2.45) is 0 Å². The maximum Gasteiger partial charge on any atom is 0.172 e. The van der Waals surface area contributed by atoms with E-state index in [0.29, 0.717) is 0 Å². The number of H-pyrrole nitrogens is 1. The molecule has 0 aliphatic carbocycles. The maximum atomic E-state index is 4.50. The van der Waals surface area contributed by atoms with E-state index in [1.54, 1.807) is 0 Å². The number of imidazole rings is 1. The van der Waals surface area contributed by atoms with Gasteiger partial charge in [-0.25, -0.2) is 15.0 Å². The summed E-state index contributed by atoms with van der Waals surface area (Å²) in [5.41, 5.74) is 2.00. The molecular weight excluding hydrogens is 312 g/mol. The zero-order valence-electron chi connectivity index (χ0n) is 9.51. The third-order valence-corrected chi connectivity index (χ3v) is 3.56. The highest BCUT2D eigenvalue weighted by Crippen LogP contribution is 2.27. The minimum Gasteiger partial charge on any atom is -0.333 e. The zero-order valence-corrected chi connectivity index (χ0v) is 11.9. The van der Waals surface area contributed by atoms with E-state index >= 15 is 0 Å². The summed E-state index contributed by atoms with van der Waals surface area (Å²) < 4.78 is 0.786. The lowest BCUT2D eigenvalue weighted by atomic mass is 10.3. The van der Waals surface area contributed by atoms with Crippen molar-refractivity contribution in [3.63, 3.8) is 0 Å². The number of para-hydroxylation sites is 2. The standard InChI is InChI=1S/C12H9BrN4S/c1-7-14-10(13)6-11(15-7)18-12-16-8-4-2-3-5-9(8)17-12/h2-6H,1H3,(H,16,17). The summed E-state index contributed by atoms with van der Waals surface area (Å²) in [4.78, 5) is 16.3. The first-order chi connectivity index (χ1) is 8.70. The van der Waals surface area contributed by atoms with E-state index in [0.717, 1.165) is 31.6 Å². The number of benzene rings is 1. The molecule has 18 heavy (non-hydrogen) atoms. The molecule has 0 saturated carbocycles. The van der Waals surface area contributed by atoms with Crippen molar-refractivity contribution in [2.75, 3.05) is 0 Å². The summed E-state index contributed by atoms with van der Waals surface area (Å²) in [5, 5.41) is 1.70. The minimum absolute atomic E-state index is 0.739. The Morgan fingerprint density at radius 2 is 2.00 bits per heavy atom. The van der Waals surface area contributed by atoms with Crippen LogP contribution in [0.4, 0.5) is 0 Å². The van der Waals surface area contributed by atoms with Gasteiger partial charge in [0, 0.05) is 6.07 Å². The number of nitrogens with one attached hydrogen (secondary N) is 1. The maximum absolute atomic E-state index is 4.50. The lowest BCUT2D eigenvalue weighted by Crippen LogP contribution is -1.90. The summed E-state index contributed by atoms with van der Waals surface area (Å²) in [5.74, 6) is 0.739. The molecule has 0 saturated heterocycles. The van der Waals surface area contributed by atoms with Gasteiger partial charge in [0.2, 0.25) is 0 Å². The molecule has 3 rings (SSSR count). The van der Waals surface area contributed by atoms with Crippen LogP contribution in [0.2, 0.25) is 0 Å². The first-order valence-electron chi connectivity index (χ1n) is 5.34. The highest BCUT2D eigenvalue weighted by Gasteiger charge is 2.06. The molecule has 0 spiro atoms. The molecule has 90 valence electrons. The fourth-order valence-corrected chi connectivity index (χ4v) is 3.11. The Hall–Kier alpha value is -1.40. The summed E-state index contributed by atoms with van der Waals surface area (Å²) >= 11 is 4.86. The number of hydrogen-bond donors (Lipinski definition) is 1. The number of nitrogens with zero attached hydrogens (tertiary/aromatic N) is 3. The number of halogens is 1. The molecule has 0 aliphatic rings. The number of aromatic amines is 1. The monoisotopic (exact) mass is 320 g/mol. The van der Waals surface area contributed by atoms with Gasteiger partial charge < -0.3 is 4.98 Å². The molecule has 2 aromatic heterocycles. The third kappa shape index (κ3) is 2.39. The number of hydrogen-bond acceptors (Lipinski definition) is 4. The van der Waals surface area contributed by atoms with Crippen molar-refractivity contribution in [1.29, 1.82) is 0 Å². The number of fused-ring (bicyclic) bond motifs is 1. The fourth-order valence-electron chi connectivity index (χ4n) is 1.63. The van der Waals surface area contributed by atoms with Crippen molar-refractivity contribution in [3.05, 3.63) is 40.8 Å².